The molecule has 0 saturated heterocycles. The number of nitrogens with one attached hydrogen (secondary N) is 3. The van der Waals surface area contributed by atoms with Gasteiger partial charge in [0.15, 0.2) is 5.82 Å². The highest BCUT2D eigenvalue weighted by Gasteiger charge is 2.16. The van der Waals surface area contributed by atoms with Gasteiger partial charge in [0.2, 0.25) is 0 Å². The van der Waals surface area contributed by atoms with Gasteiger partial charge in [0.05, 0.1) is 35.3 Å². The second-order valence-electron chi connectivity index (χ2n) is 6.58. The van der Waals surface area contributed by atoms with Gasteiger partial charge in [-0.1, -0.05) is 6.07 Å². The van der Waals surface area contributed by atoms with Crippen molar-refractivity contribution >= 4 is 21.9 Å². The minimum atomic E-state index is 0.661. The van der Waals surface area contributed by atoms with Crippen LogP contribution >= 0.6 is 0 Å². The zero-order valence-electron chi connectivity index (χ0n) is 15.0. The quantitative estimate of drug-likeness (QED) is 0.433. The van der Waals surface area contributed by atoms with Gasteiger partial charge in [-0.3, -0.25) is 25.1 Å². The predicted octanol–water partition coefficient (Wildman–Crippen LogP) is 3.35. The molecule has 0 unspecified atom stereocenters. The molecule has 6 heterocycles. The fraction of sp³-hybridized carbons (Fsp3) is 0. The fourth-order valence-corrected chi connectivity index (χ4v) is 3.42. The van der Waals surface area contributed by atoms with Crippen LogP contribution in [0.3, 0.4) is 0 Å². The Kier molecular flexibility index (Phi) is 3.27. The first kappa shape index (κ1) is 15.6. The Labute approximate surface area is 163 Å². The molecule has 0 saturated carbocycles. The predicted molar refractivity (Wildman–Crippen MR) is 108 cm³/mol. The van der Waals surface area contributed by atoms with Crippen molar-refractivity contribution in [3.8, 4) is 33.9 Å². The summed E-state index contributed by atoms with van der Waals surface area (Å²) in [6.07, 6.45) is 12.4. The number of aromatic amines is 3. The molecule has 6 aromatic rings. The standard InChI is InChI=1S/C20H13N9/c1-2-11(5-21-3-1)14-8-22-9-17-18(14)27-20(26-17)19-13-4-15(12-6-24-25-7-12)23-10-16(13)28-29-19/h1-10H,(H,24,25)(H,26,27)(H,28,29). The van der Waals surface area contributed by atoms with E-state index in [4.69, 9.17) is 4.98 Å². The minimum absolute atomic E-state index is 0.661. The number of nitrogens with zero attached hydrogens (tertiary/aromatic N) is 6. The average Bonchev–Trinajstić information content (AvgIpc) is 3.52. The monoisotopic (exact) mass is 379 g/mol. The van der Waals surface area contributed by atoms with E-state index in [9.17, 15) is 0 Å². The van der Waals surface area contributed by atoms with Crippen molar-refractivity contribution in [2.45, 2.75) is 0 Å². The number of rotatable bonds is 3. The van der Waals surface area contributed by atoms with Gasteiger partial charge in [0.1, 0.15) is 11.2 Å². The van der Waals surface area contributed by atoms with Crippen LogP contribution in [0.5, 0.6) is 0 Å². The van der Waals surface area contributed by atoms with E-state index >= 15 is 0 Å². The average molecular weight is 379 g/mol. The molecule has 6 rings (SSSR count). The number of pyridine rings is 3. The number of fused-ring (bicyclic) bond motifs is 2. The summed E-state index contributed by atoms with van der Waals surface area (Å²) >= 11 is 0. The Morgan fingerprint density at radius 1 is 0.897 bits per heavy atom. The molecular formula is C20H13N9. The molecule has 3 N–H and O–H groups in total. The molecule has 6 aromatic heterocycles. The normalized spacial score (nSPS) is 11.4. The van der Waals surface area contributed by atoms with E-state index in [1.807, 2.05) is 18.2 Å². The van der Waals surface area contributed by atoms with Gasteiger partial charge in [-0.25, -0.2) is 4.98 Å². The topological polar surface area (TPSA) is 125 Å². The molecule has 0 atom stereocenters. The minimum Gasteiger partial charge on any atom is -0.335 e. The van der Waals surface area contributed by atoms with E-state index in [2.05, 4.69) is 40.3 Å². The lowest BCUT2D eigenvalue weighted by Crippen LogP contribution is -1.84. The third-order valence-corrected chi connectivity index (χ3v) is 4.83. The summed E-state index contributed by atoms with van der Waals surface area (Å²) in [7, 11) is 0. The van der Waals surface area contributed by atoms with E-state index in [0.717, 1.165) is 50.0 Å². The summed E-state index contributed by atoms with van der Waals surface area (Å²) in [5, 5.41) is 15.2. The second kappa shape index (κ2) is 6.06. The van der Waals surface area contributed by atoms with Crippen molar-refractivity contribution in [2.24, 2.45) is 0 Å². The zero-order chi connectivity index (χ0) is 19.2. The van der Waals surface area contributed by atoms with E-state index < -0.39 is 0 Å². The van der Waals surface area contributed by atoms with Crippen LogP contribution in [0.1, 0.15) is 0 Å². The lowest BCUT2D eigenvalue weighted by atomic mass is 10.1. The van der Waals surface area contributed by atoms with Crippen molar-refractivity contribution in [3.05, 3.63) is 61.6 Å². The first-order valence-corrected chi connectivity index (χ1v) is 8.94. The van der Waals surface area contributed by atoms with Gasteiger partial charge in [-0.05, 0) is 12.1 Å². The van der Waals surface area contributed by atoms with Crippen LogP contribution in [0.2, 0.25) is 0 Å². The molecule has 0 aliphatic rings. The molecule has 0 aromatic carbocycles. The lowest BCUT2D eigenvalue weighted by Gasteiger charge is -2.00. The summed E-state index contributed by atoms with van der Waals surface area (Å²) in [5.41, 5.74) is 6.80. The van der Waals surface area contributed by atoms with E-state index in [0.29, 0.717) is 5.82 Å². The highest BCUT2D eigenvalue weighted by atomic mass is 15.1. The number of hydrogen-bond acceptors (Lipinski definition) is 6. The SMILES string of the molecule is c1cncc(-c2cncc3[nH]c(-c4n[nH]c5cnc(-c6cn[nH]c6)cc45)nc23)c1. The maximum absolute atomic E-state index is 4.83. The summed E-state index contributed by atoms with van der Waals surface area (Å²) in [4.78, 5) is 21.2. The number of hydrogen-bond donors (Lipinski definition) is 3. The Hall–Kier alpha value is -4.40. The van der Waals surface area contributed by atoms with Crippen LogP contribution in [0.4, 0.5) is 0 Å². The molecule has 0 radical (unpaired) electrons. The van der Waals surface area contributed by atoms with Gasteiger partial charge >= 0.3 is 0 Å². The molecule has 0 bridgehead atoms. The van der Waals surface area contributed by atoms with E-state index in [-0.39, 0.29) is 0 Å². The highest BCUT2D eigenvalue weighted by Crippen LogP contribution is 2.31. The third kappa shape index (κ3) is 2.48. The lowest BCUT2D eigenvalue weighted by molar-refractivity contribution is 1.09. The van der Waals surface area contributed by atoms with Crippen molar-refractivity contribution in [3.63, 3.8) is 0 Å². The first-order valence-electron chi connectivity index (χ1n) is 8.94. The van der Waals surface area contributed by atoms with Gasteiger partial charge in [-0.15, -0.1) is 0 Å². The van der Waals surface area contributed by atoms with Gasteiger partial charge < -0.3 is 4.98 Å². The van der Waals surface area contributed by atoms with Crippen LogP contribution < -0.4 is 0 Å². The van der Waals surface area contributed by atoms with E-state index in [1.54, 1.807) is 43.4 Å². The van der Waals surface area contributed by atoms with Crippen LogP contribution in [0.15, 0.2) is 61.6 Å². The molecular weight excluding hydrogens is 366 g/mol. The van der Waals surface area contributed by atoms with Crippen molar-refractivity contribution in [1.82, 2.24) is 45.3 Å². The molecule has 9 heteroatoms. The summed E-state index contributed by atoms with van der Waals surface area (Å²) in [6.45, 7) is 0. The summed E-state index contributed by atoms with van der Waals surface area (Å²) < 4.78 is 0. The molecule has 138 valence electrons. The third-order valence-electron chi connectivity index (χ3n) is 4.83. The Bertz CT molecular complexity index is 1450. The Morgan fingerprint density at radius 3 is 2.76 bits per heavy atom. The second-order valence-corrected chi connectivity index (χ2v) is 6.58. The van der Waals surface area contributed by atoms with Crippen LogP contribution in [-0.4, -0.2) is 45.3 Å². The molecule has 0 spiro atoms. The molecule has 0 amide bonds. The van der Waals surface area contributed by atoms with Gasteiger partial charge in [-0.2, -0.15) is 10.2 Å². The van der Waals surface area contributed by atoms with Crippen LogP contribution in [0.25, 0.3) is 55.8 Å². The maximum Gasteiger partial charge on any atom is 0.159 e. The molecule has 0 aliphatic heterocycles. The van der Waals surface area contributed by atoms with Crippen LogP contribution in [-0.2, 0) is 0 Å². The van der Waals surface area contributed by atoms with Crippen molar-refractivity contribution in [2.75, 3.05) is 0 Å². The first-order chi connectivity index (χ1) is 14.4. The highest BCUT2D eigenvalue weighted by molar-refractivity contribution is 5.97. The largest absolute Gasteiger partial charge is 0.335 e. The number of H-pyrrole nitrogens is 3. The van der Waals surface area contributed by atoms with Gasteiger partial charge in [0, 0.05) is 46.9 Å². The van der Waals surface area contributed by atoms with Crippen molar-refractivity contribution < 1.29 is 0 Å². The molecule has 0 fully saturated rings. The van der Waals surface area contributed by atoms with Gasteiger partial charge in [0.25, 0.3) is 0 Å². The Morgan fingerprint density at radius 2 is 1.90 bits per heavy atom. The molecule has 29 heavy (non-hydrogen) atoms. The fourth-order valence-electron chi connectivity index (χ4n) is 3.42. The smallest absolute Gasteiger partial charge is 0.159 e. The zero-order valence-corrected chi connectivity index (χ0v) is 15.0. The Balaban J connectivity index is 1.54. The van der Waals surface area contributed by atoms with Crippen molar-refractivity contribution in [1.29, 1.82) is 0 Å². The maximum atomic E-state index is 4.83. The summed E-state index contributed by atoms with van der Waals surface area (Å²) in [5.74, 6) is 0.661. The number of aromatic nitrogens is 9. The number of imidazole rings is 1. The summed E-state index contributed by atoms with van der Waals surface area (Å²) in [6, 6.07) is 5.87. The van der Waals surface area contributed by atoms with E-state index in [1.165, 1.54) is 0 Å². The molecule has 0 aliphatic carbocycles. The molecule has 9 nitrogen and oxygen atoms in total. The van der Waals surface area contributed by atoms with Crippen LogP contribution in [0, 0.1) is 0 Å².